The van der Waals surface area contributed by atoms with Gasteiger partial charge in [-0.25, -0.2) is 0 Å². The Hall–Kier alpha value is -1.96. The molecule has 0 saturated heterocycles. The molecule has 7 nitrogen and oxygen atoms in total. The second kappa shape index (κ2) is 4.91. The van der Waals surface area contributed by atoms with E-state index in [4.69, 9.17) is 5.73 Å². The number of rotatable bonds is 4. The Kier molecular flexibility index (Phi) is 3.33. The summed E-state index contributed by atoms with van der Waals surface area (Å²) in [6.07, 6.45) is 3.18. The van der Waals surface area contributed by atoms with E-state index in [1.54, 1.807) is 0 Å². The lowest BCUT2D eigenvalue weighted by molar-refractivity contribution is 0.102. The van der Waals surface area contributed by atoms with E-state index in [1.165, 1.54) is 6.20 Å². The Morgan fingerprint density at radius 2 is 2.47 bits per heavy atom. The first kappa shape index (κ1) is 11.5. The number of amides is 1. The fourth-order valence-corrected chi connectivity index (χ4v) is 1.81. The van der Waals surface area contributed by atoms with Crippen molar-refractivity contribution in [3.63, 3.8) is 0 Å². The maximum Gasteiger partial charge on any atom is 0.279 e. The fraction of sp³-hybridized carbons (Fsp3) is 0.333. The van der Waals surface area contributed by atoms with Crippen LogP contribution < -0.4 is 11.1 Å². The molecule has 0 unspecified atom stereocenters. The second-order valence-corrected chi connectivity index (χ2v) is 4.24. The standard InChI is InChI=1S/C9H12N6OS/c1-2-3-5-7(10)8(14-13-5)9(16)12-6-4-11-15-17-6/h4H,2-3,10H2,1H3,(H,12,16)(H,13,14). The molecule has 8 heteroatoms. The van der Waals surface area contributed by atoms with Gasteiger partial charge in [-0.2, -0.15) is 5.10 Å². The molecule has 90 valence electrons. The summed E-state index contributed by atoms with van der Waals surface area (Å²) in [5, 5.41) is 13.5. The summed E-state index contributed by atoms with van der Waals surface area (Å²) in [6.45, 7) is 2.03. The van der Waals surface area contributed by atoms with E-state index < -0.39 is 0 Å². The van der Waals surface area contributed by atoms with E-state index in [0.717, 1.165) is 30.1 Å². The molecule has 0 spiro atoms. The molecule has 0 aromatic carbocycles. The summed E-state index contributed by atoms with van der Waals surface area (Å²) in [7, 11) is 0. The first-order valence-electron chi connectivity index (χ1n) is 5.13. The molecule has 0 aliphatic heterocycles. The molecule has 0 bridgehead atoms. The molecule has 4 N–H and O–H groups in total. The highest BCUT2D eigenvalue weighted by Gasteiger charge is 2.17. The van der Waals surface area contributed by atoms with Crippen LogP contribution in [0.3, 0.4) is 0 Å². The summed E-state index contributed by atoms with van der Waals surface area (Å²) in [4.78, 5) is 11.8. The number of H-pyrrole nitrogens is 1. The summed E-state index contributed by atoms with van der Waals surface area (Å²) in [5.41, 5.74) is 7.24. The zero-order valence-corrected chi connectivity index (χ0v) is 10.0. The van der Waals surface area contributed by atoms with Crippen LogP contribution in [0.25, 0.3) is 0 Å². The highest BCUT2D eigenvalue weighted by molar-refractivity contribution is 7.10. The van der Waals surface area contributed by atoms with Crippen LogP contribution in [0.1, 0.15) is 29.5 Å². The van der Waals surface area contributed by atoms with E-state index in [-0.39, 0.29) is 11.6 Å². The number of anilines is 2. The number of carbonyl (C=O) groups excluding carboxylic acids is 1. The van der Waals surface area contributed by atoms with E-state index >= 15 is 0 Å². The summed E-state index contributed by atoms with van der Waals surface area (Å²) < 4.78 is 3.64. The maximum atomic E-state index is 11.8. The number of hydrogen-bond acceptors (Lipinski definition) is 6. The topological polar surface area (TPSA) is 110 Å². The average molecular weight is 252 g/mol. The van der Waals surface area contributed by atoms with Gasteiger partial charge in [0.05, 0.1) is 17.6 Å². The average Bonchev–Trinajstić information content (AvgIpc) is 2.91. The van der Waals surface area contributed by atoms with Gasteiger partial charge in [-0.1, -0.05) is 17.8 Å². The molecule has 2 heterocycles. The van der Waals surface area contributed by atoms with Gasteiger partial charge < -0.3 is 11.1 Å². The van der Waals surface area contributed by atoms with E-state index in [0.29, 0.717) is 10.7 Å². The molecule has 0 fully saturated rings. The van der Waals surface area contributed by atoms with E-state index in [1.807, 2.05) is 6.92 Å². The molecule has 2 aromatic heterocycles. The highest BCUT2D eigenvalue weighted by Crippen LogP contribution is 2.18. The molecule has 0 saturated carbocycles. The largest absolute Gasteiger partial charge is 0.395 e. The number of nitrogens with one attached hydrogen (secondary N) is 2. The van der Waals surface area contributed by atoms with Crippen LogP contribution in [0, 0.1) is 0 Å². The van der Waals surface area contributed by atoms with Crippen molar-refractivity contribution in [1.29, 1.82) is 0 Å². The van der Waals surface area contributed by atoms with Crippen LogP contribution in [0.5, 0.6) is 0 Å². The first-order valence-corrected chi connectivity index (χ1v) is 5.91. The summed E-state index contributed by atoms with van der Waals surface area (Å²) in [5.74, 6) is -0.354. The number of hydrogen-bond donors (Lipinski definition) is 3. The van der Waals surface area contributed by atoms with Gasteiger partial charge in [0.25, 0.3) is 5.91 Å². The van der Waals surface area contributed by atoms with Crippen molar-refractivity contribution in [3.05, 3.63) is 17.6 Å². The minimum absolute atomic E-state index is 0.210. The van der Waals surface area contributed by atoms with Crippen LogP contribution in [-0.4, -0.2) is 25.7 Å². The maximum absolute atomic E-state index is 11.8. The molecule has 17 heavy (non-hydrogen) atoms. The predicted molar refractivity (Wildman–Crippen MR) is 64.9 cm³/mol. The van der Waals surface area contributed by atoms with Gasteiger partial charge >= 0.3 is 0 Å². The van der Waals surface area contributed by atoms with Crippen molar-refractivity contribution >= 4 is 28.1 Å². The summed E-state index contributed by atoms with van der Waals surface area (Å²) in [6, 6.07) is 0. The molecule has 0 radical (unpaired) electrons. The van der Waals surface area contributed by atoms with Crippen molar-refractivity contribution in [2.75, 3.05) is 11.1 Å². The Balaban J connectivity index is 2.14. The van der Waals surface area contributed by atoms with Crippen LogP contribution >= 0.6 is 11.5 Å². The predicted octanol–water partition coefficient (Wildman–Crippen LogP) is 1.05. The zero-order chi connectivity index (χ0) is 12.3. The highest BCUT2D eigenvalue weighted by atomic mass is 32.1. The third kappa shape index (κ3) is 2.41. The minimum atomic E-state index is -0.354. The third-order valence-corrected chi connectivity index (χ3v) is 2.78. The molecule has 0 aliphatic rings. The fourth-order valence-electron chi connectivity index (χ4n) is 1.39. The molecular formula is C9H12N6OS. The number of nitrogens with two attached hydrogens (primary N) is 1. The lowest BCUT2D eigenvalue weighted by Crippen LogP contribution is -2.13. The smallest absolute Gasteiger partial charge is 0.279 e. The normalized spacial score (nSPS) is 10.4. The van der Waals surface area contributed by atoms with Crippen LogP contribution in [-0.2, 0) is 6.42 Å². The quantitative estimate of drug-likeness (QED) is 0.753. The number of aryl methyl sites for hydroxylation is 1. The van der Waals surface area contributed by atoms with Gasteiger partial charge in [-0.15, -0.1) is 5.10 Å². The van der Waals surface area contributed by atoms with Crippen molar-refractivity contribution in [3.8, 4) is 0 Å². The van der Waals surface area contributed by atoms with Crippen molar-refractivity contribution in [2.45, 2.75) is 19.8 Å². The number of aromatic amines is 1. The first-order chi connectivity index (χ1) is 8.22. The molecule has 2 aromatic rings. The molecule has 1 amide bonds. The van der Waals surface area contributed by atoms with E-state index in [2.05, 4.69) is 25.1 Å². The van der Waals surface area contributed by atoms with Gasteiger partial charge in [-0.05, 0) is 6.42 Å². The third-order valence-electron chi connectivity index (χ3n) is 2.20. The molecule has 0 aliphatic carbocycles. The van der Waals surface area contributed by atoms with Crippen LogP contribution in [0.2, 0.25) is 0 Å². The second-order valence-electron chi connectivity index (χ2n) is 3.45. The lowest BCUT2D eigenvalue weighted by atomic mass is 10.2. The Morgan fingerprint density at radius 1 is 1.65 bits per heavy atom. The molecular weight excluding hydrogens is 240 g/mol. The van der Waals surface area contributed by atoms with Gasteiger partial charge in [0.2, 0.25) is 0 Å². The number of nitrogens with zero attached hydrogens (tertiary/aromatic N) is 3. The van der Waals surface area contributed by atoms with Gasteiger partial charge in [0.1, 0.15) is 5.00 Å². The van der Waals surface area contributed by atoms with Crippen molar-refractivity contribution in [1.82, 2.24) is 19.8 Å². The lowest BCUT2D eigenvalue weighted by Gasteiger charge is -1.99. The molecule has 2 rings (SSSR count). The van der Waals surface area contributed by atoms with Crippen molar-refractivity contribution < 1.29 is 4.79 Å². The number of aromatic nitrogens is 4. The Labute approximate surface area is 102 Å². The zero-order valence-electron chi connectivity index (χ0n) is 9.23. The number of nitrogen functional groups attached to an aromatic ring is 1. The van der Waals surface area contributed by atoms with E-state index in [9.17, 15) is 4.79 Å². The minimum Gasteiger partial charge on any atom is -0.395 e. The van der Waals surface area contributed by atoms with Crippen LogP contribution in [0.4, 0.5) is 10.7 Å². The molecule has 0 atom stereocenters. The Morgan fingerprint density at radius 3 is 3.12 bits per heavy atom. The van der Waals surface area contributed by atoms with Gasteiger partial charge in [-0.3, -0.25) is 9.89 Å². The monoisotopic (exact) mass is 252 g/mol. The number of carbonyl (C=O) groups is 1. The summed E-state index contributed by atoms with van der Waals surface area (Å²) >= 11 is 1.10. The van der Waals surface area contributed by atoms with Gasteiger partial charge in [0.15, 0.2) is 5.69 Å². The Bertz CT molecular complexity index is 506. The van der Waals surface area contributed by atoms with Gasteiger partial charge in [0, 0.05) is 11.5 Å². The van der Waals surface area contributed by atoms with Crippen LogP contribution in [0.15, 0.2) is 6.20 Å². The van der Waals surface area contributed by atoms with Crippen molar-refractivity contribution in [2.24, 2.45) is 0 Å². The SMILES string of the molecule is CCCc1[nH]nc(C(=O)Nc2cnns2)c1N.